The molecule has 6 nitrogen and oxygen atoms in total. The van der Waals surface area contributed by atoms with Crippen LogP contribution in [-0.2, 0) is 0 Å². The Hall–Kier alpha value is -11.2. The van der Waals surface area contributed by atoms with E-state index in [2.05, 4.69) is 277 Å². The fraction of sp³-hybridized carbons (Fsp3) is 0. The zero-order chi connectivity index (χ0) is 58.1. The molecule has 0 saturated carbocycles. The van der Waals surface area contributed by atoms with Crippen molar-refractivity contribution in [3.63, 3.8) is 0 Å². The molecule has 6 aromatic heterocycles. The summed E-state index contributed by atoms with van der Waals surface area (Å²) in [5, 5.41) is 6.86. The second-order valence-corrected chi connectivity index (χ2v) is 24.1. The van der Waals surface area contributed by atoms with Crippen LogP contribution in [0.4, 0.5) is 0 Å². The second-order valence-electron chi connectivity index (χ2n) is 22.0. The van der Waals surface area contributed by atoms with E-state index >= 15 is 0 Å². The van der Waals surface area contributed by atoms with Crippen molar-refractivity contribution in [1.29, 1.82) is 0 Å². The third kappa shape index (κ3) is 9.01. The first kappa shape index (κ1) is 51.3. The lowest BCUT2D eigenvalue weighted by molar-refractivity contribution is 0.669. The molecule has 0 bridgehead atoms. The highest BCUT2D eigenvalue weighted by molar-refractivity contribution is 7.26. The molecule has 6 heterocycles. The number of hydrogen-bond donors (Lipinski definition) is 0. The molecule has 0 radical (unpaired) electrons. The molecule has 0 N–H and O–H groups in total. The average Bonchev–Trinajstić information content (AvgIpc) is 3.18. The maximum atomic E-state index is 6.70. The molecule has 0 aliphatic carbocycles. The predicted octanol–water partition coefficient (Wildman–Crippen LogP) is 22.8. The minimum Gasteiger partial charge on any atom is -0.456 e. The quantitative estimate of drug-likeness (QED) is 0.151. The Morgan fingerprint density at radius 3 is 1.11 bits per heavy atom. The van der Waals surface area contributed by atoms with Crippen LogP contribution in [0.1, 0.15) is 0 Å². The fourth-order valence-electron chi connectivity index (χ4n) is 12.6. The van der Waals surface area contributed by atoms with Gasteiger partial charge in [-0.25, -0.2) is 19.9 Å². The minimum absolute atomic E-state index is 0.898. The zero-order valence-corrected chi connectivity index (χ0v) is 48.8. The Bertz CT molecular complexity index is 5720. The summed E-state index contributed by atoms with van der Waals surface area (Å²) in [6.45, 7) is 0. The van der Waals surface area contributed by atoms with Gasteiger partial charge in [0.15, 0.2) is 0 Å². The van der Waals surface area contributed by atoms with Crippen molar-refractivity contribution in [2.75, 3.05) is 0 Å². The van der Waals surface area contributed by atoms with Gasteiger partial charge in [0.1, 0.15) is 35.0 Å². The summed E-state index contributed by atoms with van der Waals surface area (Å²) in [5.74, 6) is 0. The van der Waals surface area contributed by atoms with Gasteiger partial charge >= 0.3 is 0 Å². The van der Waals surface area contributed by atoms with E-state index in [9.17, 15) is 0 Å². The van der Waals surface area contributed by atoms with Gasteiger partial charge in [0.05, 0.1) is 31.8 Å². The summed E-state index contributed by atoms with van der Waals surface area (Å²) < 4.78 is 17.6. The van der Waals surface area contributed by atoms with Crippen molar-refractivity contribution < 1.29 is 8.83 Å². The molecule has 0 amide bonds. The van der Waals surface area contributed by atoms with Crippen LogP contribution in [0.2, 0.25) is 0 Å². The highest BCUT2D eigenvalue weighted by Gasteiger charge is 2.19. The van der Waals surface area contributed by atoms with E-state index in [1.807, 2.05) is 12.1 Å². The van der Waals surface area contributed by atoms with E-state index in [1.54, 1.807) is 35.3 Å². The molecule has 412 valence electrons. The molecule has 0 aliphatic rings. The van der Waals surface area contributed by atoms with Crippen LogP contribution in [0.3, 0.4) is 0 Å². The van der Waals surface area contributed by atoms with Gasteiger partial charge in [0.2, 0.25) is 0 Å². The summed E-state index contributed by atoms with van der Waals surface area (Å²) in [5.41, 5.74) is 23.5. The molecule has 0 fully saturated rings. The summed E-state index contributed by atoms with van der Waals surface area (Å²) in [6, 6.07) is 98.4. The van der Waals surface area contributed by atoms with Crippen molar-refractivity contribution in [2.45, 2.75) is 0 Å². The molecule has 8 heteroatoms. The SMILES string of the molecule is c1ccc(-c2ccc3oc4ccc(-c5cccc(-c6cccc(-c7ncnc8c7sc7ccccc78)c6)c5)cc4c3c2)cc1.c1ccc(-c2cccc3c2oc2c(-c4cccc(-c5cccc(-c6ncnc7c6sc6ccccc67)c5)c4)cccc23)cc1. The highest BCUT2D eigenvalue weighted by Crippen LogP contribution is 2.44. The summed E-state index contributed by atoms with van der Waals surface area (Å²) in [4.78, 5) is 18.7. The molecule has 12 aromatic carbocycles. The van der Waals surface area contributed by atoms with E-state index in [4.69, 9.17) is 18.8 Å². The Kier molecular flexibility index (Phi) is 12.5. The van der Waals surface area contributed by atoms with Crippen LogP contribution in [0.5, 0.6) is 0 Å². The molecule has 18 aromatic rings. The largest absolute Gasteiger partial charge is 0.456 e. The minimum atomic E-state index is 0.898. The molecule has 0 spiro atoms. The van der Waals surface area contributed by atoms with Crippen molar-refractivity contribution in [3.8, 4) is 89.3 Å². The topological polar surface area (TPSA) is 77.8 Å². The first-order valence-electron chi connectivity index (χ1n) is 29.3. The third-order valence-corrected chi connectivity index (χ3v) is 19.1. The van der Waals surface area contributed by atoms with Crippen LogP contribution in [0.15, 0.2) is 301 Å². The number of hydrogen-bond acceptors (Lipinski definition) is 8. The van der Waals surface area contributed by atoms with Gasteiger partial charge < -0.3 is 8.83 Å². The van der Waals surface area contributed by atoms with Gasteiger partial charge in [0, 0.05) is 64.0 Å². The molecule has 0 unspecified atom stereocenters. The molecule has 0 aliphatic heterocycles. The van der Waals surface area contributed by atoms with Crippen molar-refractivity contribution in [3.05, 3.63) is 292 Å². The molecule has 18 rings (SSSR count). The third-order valence-electron chi connectivity index (χ3n) is 16.8. The molecule has 88 heavy (non-hydrogen) atoms. The van der Waals surface area contributed by atoms with E-state index in [-0.39, 0.29) is 0 Å². The molecule has 0 saturated heterocycles. The number of thiophene rings is 2. The summed E-state index contributed by atoms with van der Waals surface area (Å²) >= 11 is 3.50. The number of rotatable bonds is 8. The lowest BCUT2D eigenvalue weighted by Gasteiger charge is -2.09. The van der Waals surface area contributed by atoms with Crippen LogP contribution in [0.25, 0.3) is 174 Å². The van der Waals surface area contributed by atoms with Crippen molar-refractivity contribution >= 4 is 107 Å². The number of furan rings is 2. The van der Waals surface area contributed by atoms with Gasteiger partial charge in [-0.2, -0.15) is 0 Å². The number of aromatic nitrogens is 4. The number of nitrogens with zero attached hydrogens (tertiary/aromatic N) is 4. The summed E-state index contributed by atoms with van der Waals surface area (Å²) in [7, 11) is 0. The van der Waals surface area contributed by atoms with Gasteiger partial charge in [-0.3, -0.25) is 0 Å². The van der Waals surface area contributed by atoms with Crippen LogP contribution in [0, 0.1) is 0 Å². The lowest BCUT2D eigenvalue weighted by atomic mass is 9.96. The predicted molar refractivity (Wildman–Crippen MR) is 368 cm³/mol. The monoisotopic (exact) mass is 1160 g/mol. The van der Waals surface area contributed by atoms with E-state index < -0.39 is 0 Å². The van der Waals surface area contributed by atoms with E-state index in [0.717, 1.165) is 142 Å². The Balaban J connectivity index is 0.000000137. The second kappa shape index (κ2) is 21.4. The summed E-state index contributed by atoms with van der Waals surface area (Å²) in [6.07, 6.45) is 3.37. The van der Waals surface area contributed by atoms with Gasteiger partial charge in [-0.1, -0.05) is 218 Å². The Morgan fingerprint density at radius 1 is 0.239 bits per heavy atom. The van der Waals surface area contributed by atoms with Crippen molar-refractivity contribution in [1.82, 2.24) is 19.9 Å². The normalized spacial score (nSPS) is 11.6. The lowest BCUT2D eigenvalue weighted by Crippen LogP contribution is -1.87. The number of benzene rings is 12. The molecular formula is C80H48N4O2S2. The van der Waals surface area contributed by atoms with Crippen LogP contribution in [-0.4, -0.2) is 19.9 Å². The van der Waals surface area contributed by atoms with Crippen LogP contribution >= 0.6 is 22.7 Å². The Labute approximate surface area is 513 Å². The first-order valence-corrected chi connectivity index (χ1v) is 30.9. The van der Waals surface area contributed by atoms with Gasteiger partial charge in [-0.15, -0.1) is 22.7 Å². The van der Waals surface area contributed by atoms with Crippen LogP contribution < -0.4 is 0 Å². The average molecular weight is 1160 g/mol. The maximum Gasteiger partial charge on any atom is 0.143 e. The van der Waals surface area contributed by atoms with Crippen molar-refractivity contribution in [2.24, 2.45) is 0 Å². The standard InChI is InChI=1S/2C40H24N2OS/c1-2-10-25(11-3-1)30-17-8-19-32-33-20-9-18-31(39(33)43-38(30)32)28-14-6-12-26(22-28)27-13-7-15-29(23-27)36-40-37(42-24-41-36)34-16-4-5-21-35(34)44-40;1-2-8-25(9-3-1)29-16-18-35-33(22-29)34-23-30(17-19-36(34)43-35)27-11-6-10-26(20-27)28-12-7-13-31(21-28)38-40-39(42-24-41-38)32-14-4-5-15-37(32)44-40/h2*1-24H. The zero-order valence-electron chi connectivity index (χ0n) is 47.1. The number of fused-ring (bicyclic) bond motifs is 12. The van der Waals surface area contributed by atoms with Gasteiger partial charge in [0.25, 0.3) is 0 Å². The first-order chi connectivity index (χ1) is 43.6. The molecular weight excluding hydrogens is 1110 g/mol. The molecule has 0 atom stereocenters. The smallest absolute Gasteiger partial charge is 0.143 e. The maximum absolute atomic E-state index is 6.70. The highest BCUT2D eigenvalue weighted by atomic mass is 32.1. The van der Waals surface area contributed by atoms with E-state index in [0.29, 0.717) is 0 Å². The van der Waals surface area contributed by atoms with Gasteiger partial charge in [-0.05, 0) is 116 Å². The fourth-order valence-corrected chi connectivity index (χ4v) is 14.9. The van der Waals surface area contributed by atoms with E-state index in [1.165, 1.54) is 31.3 Å². The Morgan fingerprint density at radius 2 is 0.602 bits per heavy atom. The number of para-hydroxylation sites is 2.